The van der Waals surface area contributed by atoms with E-state index in [1.54, 1.807) is 12.3 Å². The molecule has 2 aromatic rings. The molecule has 1 N–H and O–H groups in total. The second-order valence-corrected chi connectivity index (χ2v) is 4.75. The maximum atomic E-state index is 11.8. The van der Waals surface area contributed by atoms with Crippen molar-refractivity contribution in [3.8, 4) is 0 Å². The molecule has 2 rings (SSSR count). The van der Waals surface area contributed by atoms with E-state index in [9.17, 15) is 4.79 Å². The van der Waals surface area contributed by atoms with Crippen molar-refractivity contribution >= 4 is 34.7 Å². The fourth-order valence-corrected chi connectivity index (χ4v) is 2.04. The summed E-state index contributed by atoms with van der Waals surface area (Å²) in [6.07, 6.45) is 1.62. The van der Waals surface area contributed by atoms with Crippen molar-refractivity contribution in [2.75, 3.05) is 0 Å². The molecule has 0 radical (unpaired) electrons. The molecule has 0 heterocycles. The summed E-state index contributed by atoms with van der Waals surface area (Å²) in [4.78, 5) is 11.8. The number of carbonyl (C=O) groups excluding carboxylic acids is 1. The zero-order valence-electron chi connectivity index (χ0n) is 9.51. The summed E-state index contributed by atoms with van der Waals surface area (Å²) in [5.41, 5.74) is 4.09. The summed E-state index contributed by atoms with van der Waals surface area (Å²) < 4.78 is 0.905. The number of nitrogens with one attached hydrogen (secondary N) is 1. The van der Waals surface area contributed by atoms with Gasteiger partial charge in [-0.2, -0.15) is 5.10 Å². The maximum absolute atomic E-state index is 11.8. The minimum atomic E-state index is -0.202. The molecule has 0 aliphatic carbocycles. The Kier molecular flexibility index (Phi) is 4.46. The van der Waals surface area contributed by atoms with E-state index < -0.39 is 0 Å². The predicted molar refractivity (Wildman–Crippen MR) is 80.7 cm³/mol. The average Bonchev–Trinajstić information content (AvgIpc) is 2.40. The first kappa shape index (κ1) is 12.8. The topological polar surface area (TPSA) is 41.5 Å². The van der Waals surface area contributed by atoms with Crippen LogP contribution in [-0.4, -0.2) is 12.1 Å². The van der Waals surface area contributed by atoms with E-state index in [1.165, 1.54) is 0 Å². The number of hydrogen-bond donors (Lipinski definition) is 1. The van der Waals surface area contributed by atoms with Gasteiger partial charge in [0.2, 0.25) is 0 Å². The molecule has 0 fully saturated rings. The quantitative estimate of drug-likeness (QED) is 0.516. The van der Waals surface area contributed by atoms with E-state index in [2.05, 4.69) is 33.1 Å². The number of amides is 1. The Bertz CT molecular complexity index is 567. The van der Waals surface area contributed by atoms with Crippen molar-refractivity contribution in [1.29, 1.82) is 0 Å². The second-order valence-electron chi connectivity index (χ2n) is 3.59. The number of rotatable bonds is 3. The van der Waals surface area contributed by atoms with E-state index in [1.807, 2.05) is 48.5 Å². The van der Waals surface area contributed by atoms with Crippen LogP contribution in [0.4, 0.5) is 0 Å². The van der Waals surface area contributed by atoms with Crippen LogP contribution < -0.4 is 5.43 Å². The summed E-state index contributed by atoms with van der Waals surface area (Å²) in [7, 11) is 0. The highest BCUT2D eigenvalue weighted by atomic mass is 127. The van der Waals surface area contributed by atoms with Gasteiger partial charge in [0.25, 0.3) is 5.91 Å². The SMILES string of the molecule is O=C(NN=Cc1ccccc1)c1ccccc1I. The first-order valence-corrected chi connectivity index (χ1v) is 6.48. The van der Waals surface area contributed by atoms with E-state index >= 15 is 0 Å². The molecule has 18 heavy (non-hydrogen) atoms. The molecule has 0 spiro atoms. The first-order chi connectivity index (χ1) is 8.77. The lowest BCUT2D eigenvalue weighted by Crippen LogP contribution is -2.18. The minimum Gasteiger partial charge on any atom is -0.267 e. The number of hydrogen-bond acceptors (Lipinski definition) is 2. The van der Waals surface area contributed by atoms with Gasteiger partial charge in [0.1, 0.15) is 0 Å². The Hall–Kier alpha value is -1.69. The molecule has 3 nitrogen and oxygen atoms in total. The summed E-state index contributed by atoms with van der Waals surface area (Å²) in [6.45, 7) is 0. The molecule has 0 aromatic heterocycles. The van der Waals surface area contributed by atoms with E-state index in [4.69, 9.17) is 0 Å². The number of benzene rings is 2. The highest BCUT2D eigenvalue weighted by molar-refractivity contribution is 14.1. The largest absolute Gasteiger partial charge is 0.272 e. The zero-order valence-corrected chi connectivity index (χ0v) is 11.7. The number of halogens is 1. The zero-order chi connectivity index (χ0) is 12.8. The highest BCUT2D eigenvalue weighted by Gasteiger charge is 2.06. The smallest absolute Gasteiger partial charge is 0.267 e. The molecule has 0 bridgehead atoms. The lowest BCUT2D eigenvalue weighted by Gasteiger charge is -2.01. The molecule has 0 saturated heterocycles. The fourth-order valence-electron chi connectivity index (χ4n) is 1.41. The van der Waals surface area contributed by atoms with Crippen LogP contribution >= 0.6 is 22.6 Å². The molecule has 4 heteroatoms. The Morgan fingerprint density at radius 3 is 2.44 bits per heavy atom. The van der Waals surface area contributed by atoms with Gasteiger partial charge in [0, 0.05) is 3.57 Å². The number of nitrogens with zero attached hydrogens (tertiary/aromatic N) is 1. The molecule has 0 aliphatic heterocycles. The molecule has 90 valence electrons. The predicted octanol–water partition coefficient (Wildman–Crippen LogP) is 3.06. The van der Waals surface area contributed by atoms with Crippen molar-refractivity contribution in [3.05, 3.63) is 69.3 Å². The monoisotopic (exact) mass is 350 g/mol. The fraction of sp³-hybridized carbons (Fsp3) is 0. The van der Waals surface area contributed by atoms with Crippen LogP contribution in [0.3, 0.4) is 0 Å². The van der Waals surface area contributed by atoms with E-state index in [-0.39, 0.29) is 5.91 Å². The van der Waals surface area contributed by atoms with Crippen LogP contribution in [0.5, 0.6) is 0 Å². The lowest BCUT2D eigenvalue weighted by atomic mass is 10.2. The van der Waals surface area contributed by atoms with Gasteiger partial charge in [0.05, 0.1) is 11.8 Å². The third kappa shape index (κ3) is 3.40. The minimum absolute atomic E-state index is 0.202. The highest BCUT2D eigenvalue weighted by Crippen LogP contribution is 2.10. The van der Waals surface area contributed by atoms with E-state index in [0.29, 0.717) is 5.56 Å². The Morgan fingerprint density at radius 2 is 1.72 bits per heavy atom. The Morgan fingerprint density at radius 1 is 1.06 bits per heavy atom. The van der Waals surface area contributed by atoms with Crippen LogP contribution in [0.2, 0.25) is 0 Å². The van der Waals surface area contributed by atoms with Gasteiger partial charge in [-0.3, -0.25) is 4.79 Å². The van der Waals surface area contributed by atoms with Gasteiger partial charge in [-0.15, -0.1) is 0 Å². The molecule has 1 amide bonds. The van der Waals surface area contributed by atoms with Crippen molar-refractivity contribution in [3.63, 3.8) is 0 Å². The molecule has 0 aliphatic rings. The number of carbonyl (C=O) groups is 1. The normalized spacial score (nSPS) is 10.5. The van der Waals surface area contributed by atoms with Crippen molar-refractivity contribution in [1.82, 2.24) is 5.43 Å². The van der Waals surface area contributed by atoms with Gasteiger partial charge >= 0.3 is 0 Å². The van der Waals surface area contributed by atoms with Gasteiger partial charge in [-0.1, -0.05) is 42.5 Å². The first-order valence-electron chi connectivity index (χ1n) is 5.40. The van der Waals surface area contributed by atoms with Gasteiger partial charge in [-0.25, -0.2) is 5.43 Å². The van der Waals surface area contributed by atoms with Crippen molar-refractivity contribution in [2.45, 2.75) is 0 Å². The molecular weight excluding hydrogens is 339 g/mol. The van der Waals surface area contributed by atoms with Crippen LogP contribution in [0.25, 0.3) is 0 Å². The maximum Gasteiger partial charge on any atom is 0.272 e. The molecule has 0 unspecified atom stereocenters. The summed E-state index contributed by atoms with van der Waals surface area (Å²) in [6, 6.07) is 17.0. The molecular formula is C14H11IN2O. The standard InChI is InChI=1S/C14H11IN2O/c15-13-9-5-4-8-12(13)14(18)17-16-10-11-6-2-1-3-7-11/h1-10H,(H,17,18). The van der Waals surface area contributed by atoms with Crippen LogP contribution in [0.15, 0.2) is 59.7 Å². The van der Waals surface area contributed by atoms with E-state index in [0.717, 1.165) is 9.13 Å². The summed E-state index contributed by atoms with van der Waals surface area (Å²) >= 11 is 2.13. The van der Waals surface area contributed by atoms with Crippen molar-refractivity contribution < 1.29 is 4.79 Å². The van der Waals surface area contributed by atoms with Crippen LogP contribution in [0.1, 0.15) is 15.9 Å². The van der Waals surface area contributed by atoms with Crippen molar-refractivity contribution in [2.24, 2.45) is 5.10 Å². The third-order valence-corrected chi connectivity index (χ3v) is 3.24. The molecule has 0 saturated carbocycles. The molecule has 0 atom stereocenters. The third-order valence-electron chi connectivity index (χ3n) is 2.30. The summed E-state index contributed by atoms with van der Waals surface area (Å²) in [5.74, 6) is -0.202. The second kappa shape index (κ2) is 6.30. The van der Waals surface area contributed by atoms with Gasteiger partial charge < -0.3 is 0 Å². The summed E-state index contributed by atoms with van der Waals surface area (Å²) in [5, 5.41) is 3.93. The van der Waals surface area contributed by atoms with Gasteiger partial charge in [0.15, 0.2) is 0 Å². The van der Waals surface area contributed by atoms with Crippen LogP contribution in [-0.2, 0) is 0 Å². The Balaban J connectivity index is 2.01. The lowest BCUT2D eigenvalue weighted by molar-refractivity contribution is 0.0954. The Labute approximate surface area is 119 Å². The van der Waals surface area contributed by atoms with Crippen LogP contribution in [0, 0.1) is 3.57 Å². The molecule has 2 aromatic carbocycles. The number of hydrazone groups is 1. The van der Waals surface area contributed by atoms with Gasteiger partial charge in [-0.05, 0) is 40.3 Å². The average molecular weight is 350 g/mol.